The predicted octanol–water partition coefficient (Wildman–Crippen LogP) is 2.77. The maximum atomic E-state index is 11.1. The van der Waals surface area contributed by atoms with Crippen molar-refractivity contribution in [2.75, 3.05) is 5.73 Å². The average Bonchev–Trinajstić information content (AvgIpc) is 2.36. The summed E-state index contributed by atoms with van der Waals surface area (Å²) >= 11 is 0. The van der Waals surface area contributed by atoms with Gasteiger partial charge in [-0.2, -0.15) is 0 Å². The van der Waals surface area contributed by atoms with Crippen LogP contribution < -0.4 is 10.5 Å². The highest BCUT2D eigenvalue weighted by Gasteiger charge is 2.18. The van der Waals surface area contributed by atoms with Crippen molar-refractivity contribution >= 4 is 11.5 Å². The highest BCUT2D eigenvalue weighted by molar-refractivity contribution is 5.53. The smallest absolute Gasteiger partial charge is 0.311 e. The fourth-order valence-electron chi connectivity index (χ4n) is 1.98. The number of anilines is 1. The number of nitrogens with two attached hydrogens (primary N) is 1. The Labute approximate surface area is 116 Å². The molecule has 2 N–H and O–H groups in total. The molecule has 1 aromatic carbocycles. The Morgan fingerprint density at radius 2 is 2.10 bits per heavy atom. The highest BCUT2D eigenvalue weighted by atomic mass is 16.6. The largest absolute Gasteiger partial charge is 0.480 e. The van der Waals surface area contributed by atoms with E-state index in [9.17, 15) is 10.1 Å². The zero-order valence-electron chi connectivity index (χ0n) is 11.3. The number of nitro groups is 1. The summed E-state index contributed by atoms with van der Waals surface area (Å²) in [4.78, 5) is 14.7. The summed E-state index contributed by atoms with van der Waals surface area (Å²) in [6.45, 7) is 3.72. The Kier molecular flexibility index (Phi) is 3.84. The van der Waals surface area contributed by atoms with Crippen LogP contribution in [0.2, 0.25) is 0 Å². The zero-order valence-corrected chi connectivity index (χ0v) is 11.3. The van der Waals surface area contributed by atoms with Gasteiger partial charge in [0.15, 0.2) is 5.75 Å². The van der Waals surface area contributed by atoms with Crippen molar-refractivity contribution in [1.29, 1.82) is 0 Å². The molecular formula is C14H15N3O3. The van der Waals surface area contributed by atoms with Crippen molar-refractivity contribution in [3.05, 3.63) is 57.3 Å². The van der Waals surface area contributed by atoms with Crippen LogP contribution in [0.15, 0.2) is 30.3 Å². The molecule has 0 aliphatic rings. The maximum Gasteiger partial charge on any atom is 0.311 e. The molecule has 0 fully saturated rings. The number of rotatable bonds is 4. The first kappa shape index (κ1) is 13.8. The molecule has 0 aliphatic carbocycles. The third kappa shape index (κ3) is 3.03. The van der Waals surface area contributed by atoms with Crippen LogP contribution in [0, 0.1) is 24.0 Å². The number of pyridine rings is 1. The van der Waals surface area contributed by atoms with E-state index in [-0.39, 0.29) is 18.0 Å². The van der Waals surface area contributed by atoms with Crippen LogP contribution in [0.25, 0.3) is 0 Å². The molecule has 0 saturated carbocycles. The van der Waals surface area contributed by atoms with Crippen molar-refractivity contribution in [3.8, 4) is 5.75 Å². The Morgan fingerprint density at radius 1 is 1.35 bits per heavy atom. The van der Waals surface area contributed by atoms with Crippen LogP contribution in [0.4, 0.5) is 11.5 Å². The molecule has 2 aromatic rings. The monoisotopic (exact) mass is 273 g/mol. The lowest BCUT2D eigenvalue weighted by atomic mass is 10.1. The fraction of sp³-hybridized carbons (Fsp3) is 0.214. The summed E-state index contributed by atoms with van der Waals surface area (Å²) in [5, 5.41) is 11.1. The van der Waals surface area contributed by atoms with E-state index < -0.39 is 4.92 Å². The standard InChI is InChI=1S/C14H15N3O3/c1-9-6-10(2)14(12(7-9)17(18)19)20-8-11-4-3-5-13(15)16-11/h3-7H,8H2,1-2H3,(H2,15,16). The first-order chi connectivity index (χ1) is 9.47. The molecule has 0 unspecified atom stereocenters. The van der Waals surface area contributed by atoms with Gasteiger partial charge < -0.3 is 10.5 Å². The summed E-state index contributed by atoms with van der Waals surface area (Å²) < 4.78 is 5.57. The van der Waals surface area contributed by atoms with Gasteiger partial charge in [0.1, 0.15) is 12.4 Å². The Bertz CT molecular complexity index is 656. The van der Waals surface area contributed by atoms with Crippen LogP contribution >= 0.6 is 0 Å². The summed E-state index contributed by atoms with van der Waals surface area (Å²) in [6, 6.07) is 8.52. The lowest BCUT2D eigenvalue weighted by Crippen LogP contribution is -2.04. The summed E-state index contributed by atoms with van der Waals surface area (Å²) in [5.41, 5.74) is 7.71. The van der Waals surface area contributed by atoms with E-state index in [1.165, 1.54) is 6.07 Å². The van der Waals surface area contributed by atoms with Gasteiger partial charge in [-0.1, -0.05) is 12.1 Å². The van der Waals surface area contributed by atoms with Gasteiger partial charge >= 0.3 is 5.69 Å². The van der Waals surface area contributed by atoms with Crippen LogP contribution in [0.3, 0.4) is 0 Å². The van der Waals surface area contributed by atoms with Crippen molar-refractivity contribution in [3.63, 3.8) is 0 Å². The Balaban J connectivity index is 2.27. The number of nitrogen functional groups attached to an aromatic ring is 1. The summed E-state index contributed by atoms with van der Waals surface area (Å²) in [7, 11) is 0. The zero-order chi connectivity index (χ0) is 14.7. The third-order valence-corrected chi connectivity index (χ3v) is 2.79. The number of hydrogen-bond donors (Lipinski definition) is 1. The van der Waals surface area contributed by atoms with Crippen LogP contribution in [-0.2, 0) is 6.61 Å². The van der Waals surface area contributed by atoms with Crippen LogP contribution in [0.5, 0.6) is 5.75 Å². The number of aromatic nitrogens is 1. The number of aryl methyl sites for hydroxylation is 2. The fourth-order valence-corrected chi connectivity index (χ4v) is 1.98. The second-order valence-corrected chi connectivity index (χ2v) is 4.53. The molecule has 0 bridgehead atoms. The molecule has 6 heteroatoms. The van der Waals surface area contributed by atoms with Gasteiger partial charge in [-0.05, 0) is 37.1 Å². The second-order valence-electron chi connectivity index (χ2n) is 4.53. The first-order valence-electron chi connectivity index (χ1n) is 6.07. The molecule has 0 saturated heterocycles. The molecule has 0 atom stereocenters. The molecule has 0 aliphatic heterocycles. The molecule has 1 aromatic heterocycles. The number of benzene rings is 1. The van der Waals surface area contributed by atoms with E-state index in [2.05, 4.69) is 4.98 Å². The predicted molar refractivity (Wildman–Crippen MR) is 75.6 cm³/mol. The van der Waals surface area contributed by atoms with E-state index in [1.807, 2.05) is 13.0 Å². The van der Waals surface area contributed by atoms with E-state index >= 15 is 0 Å². The molecule has 0 radical (unpaired) electrons. The van der Waals surface area contributed by atoms with Gasteiger partial charge in [-0.15, -0.1) is 0 Å². The normalized spacial score (nSPS) is 10.3. The molecule has 104 valence electrons. The van der Waals surface area contributed by atoms with E-state index in [1.54, 1.807) is 25.1 Å². The van der Waals surface area contributed by atoms with Crippen molar-refractivity contribution in [2.45, 2.75) is 20.5 Å². The molecule has 1 heterocycles. The Hall–Kier alpha value is -2.63. The topological polar surface area (TPSA) is 91.3 Å². The van der Waals surface area contributed by atoms with Gasteiger partial charge in [0.25, 0.3) is 0 Å². The molecule has 2 rings (SSSR count). The minimum atomic E-state index is -0.442. The maximum absolute atomic E-state index is 11.1. The highest BCUT2D eigenvalue weighted by Crippen LogP contribution is 2.32. The van der Waals surface area contributed by atoms with Gasteiger partial charge in [0, 0.05) is 6.07 Å². The molecule has 0 amide bonds. The first-order valence-corrected chi connectivity index (χ1v) is 6.07. The van der Waals surface area contributed by atoms with E-state index in [0.717, 1.165) is 11.1 Å². The third-order valence-electron chi connectivity index (χ3n) is 2.79. The minimum absolute atomic E-state index is 0.0357. The van der Waals surface area contributed by atoms with E-state index in [0.29, 0.717) is 11.5 Å². The van der Waals surface area contributed by atoms with Gasteiger partial charge in [0.2, 0.25) is 0 Å². The number of nitro benzene ring substituents is 1. The molecule has 0 spiro atoms. The quantitative estimate of drug-likeness (QED) is 0.683. The van der Waals surface area contributed by atoms with Gasteiger partial charge in [0.05, 0.1) is 10.6 Å². The van der Waals surface area contributed by atoms with Crippen molar-refractivity contribution in [2.24, 2.45) is 0 Å². The molecule has 6 nitrogen and oxygen atoms in total. The average molecular weight is 273 g/mol. The lowest BCUT2D eigenvalue weighted by molar-refractivity contribution is -0.386. The SMILES string of the molecule is Cc1cc(C)c(OCc2cccc(N)n2)c([N+](=O)[O-])c1. The number of nitrogens with zero attached hydrogens (tertiary/aromatic N) is 2. The van der Waals surface area contributed by atoms with Crippen LogP contribution in [-0.4, -0.2) is 9.91 Å². The molecular weight excluding hydrogens is 258 g/mol. The summed E-state index contributed by atoms with van der Waals surface area (Å²) in [6.07, 6.45) is 0. The number of hydrogen-bond acceptors (Lipinski definition) is 5. The van der Waals surface area contributed by atoms with Crippen molar-refractivity contribution in [1.82, 2.24) is 4.98 Å². The van der Waals surface area contributed by atoms with Crippen molar-refractivity contribution < 1.29 is 9.66 Å². The second kappa shape index (κ2) is 5.56. The van der Waals surface area contributed by atoms with Gasteiger partial charge in [-0.25, -0.2) is 4.98 Å². The Morgan fingerprint density at radius 3 is 2.75 bits per heavy atom. The van der Waals surface area contributed by atoms with Crippen LogP contribution in [0.1, 0.15) is 16.8 Å². The minimum Gasteiger partial charge on any atom is -0.480 e. The number of ether oxygens (including phenoxy) is 1. The lowest BCUT2D eigenvalue weighted by Gasteiger charge is -2.10. The molecule has 20 heavy (non-hydrogen) atoms. The van der Waals surface area contributed by atoms with Gasteiger partial charge in [-0.3, -0.25) is 10.1 Å². The summed E-state index contributed by atoms with van der Waals surface area (Å²) in [5.74, 6) is 0.658. The van der Waals surface area contributed by atoms with E-state index in [4.69, 9.17) is 10.5 Å².